The Morgan fingerprint density at radius 3 is 2.67 bits per heavy atom. The van der Waals surface area contributed by atoms with E-state index in [1.54, 1.807) is 25.3 Å². The van der Waals surface area contributed by atoms with Crippen molar-refractivity contribution in [2.75, 3.05) is 40.0 Å². The average Bonchev–Trinajstić information content (AvgIpc) is 2.46. The molecule has 1 aromatic rings. The maximum Gasteiger partial charge on any atom is 0.179 e. The summed E-state index contributed by atoms with van der Waals surface area (Å²) in [5.74, 6) is 0.676. The van der Waals surface area contributed by atoms with Crippen LogP contribution >= 0.6 is 0 Å². The fourth-order valence-electron chi connectivity index (χ4n) is 2.18. The second kappa shape index (κ2) is 8.64. The second-order valence-corrected chi connectivity index (χ2v) is 5.39. The third-order valence-electron chi connectivity index (χ3n) is 3.41. The number of nitrogen functional groups attached to an aromatic ring is 1. The molecule has 118 valence electrons. The molecule has 3 N–H and O–H groups in total. The van der Waals surface area contributed by atoms with E-state index >= 15 is 0 Å². The summed E-state index contributed by atoms with van der Waals surface area (Å²) in [4.78, 5) is 14.6. The number of Topliss-reactive ketones (excluding diaryl/α,β-unsaturated/α-hetero) is 1. The predicted molar refractivity (Wildman–Crippen MR) is 87.0 cm³/mol. The number of nitrogens with one attached hydrogen (secondary N) is 1. The SMILES string of the molecule is CCC(NCCCN(C)C)C(=O)c1ccc(OC)c(N)c1. The van der Waals surface area contributed by atoms with Gasteiger partial charge in [0.15, 0.2) is 5.78 Å². The molecule has 0 aromatic heterocycles. The minimum atomic E-state index is -0.167. The number of carbonyl (C=O) groups excluding carboxylic acids is 1. The van der Waals surface area contributed by atoms with E-state index in [0.29, 0.717) is 17.0 Å². The summed E-state index contributed by atoms with van der Waals surface area (Å²) in [6.07, 6.45) is 1.77. The van der Waals surface area contributed by atoms with E-state index in [4.69, 9.17) is 10.5 Å². The average molecular weight is 293 g/mol. The van der Waals surface area contributed by atoms with Crippen molar-refractivity contribution in [3.05, 3.63) is 23.8 Å². The van der Waals surface area contributed by atoms with Crippen LogP contribution in [0.15, 0.2) is 18.2 Å². The standard InChI is InChI=1S/C16H27N3O2/c1-5-14(18-9-6-10-19(2)3)16(20)12-7-8-15(21-4)13(17)11-12/h7-8,11,14,18H,5-6,9-10,17H2,1-4H3. The zero-order chi connectivity index (χ0) is 15.8. The van der Waals surface area contributed by atoms with Crippen molar-refractivity contribution in [1.29, 1.82) is 0 Å². The topological polar surface area (TPSA) is 67.6 Å². The number of methoxy groups -OCH3 is 1. The highest BCUT2D eigenvalue weighted by Crippen LogP contribution is 2.22. The van der Waals surface area contributed by atoms with Crippen molar-refractivity contribution in [2.24, 2.45) is 0 Å². The summed E-state index contributed by atoms with van der Waals surface area (Å²) >= 11 is 0. The van der Waals surface area contributed by atoms with Gasteiger partial charge in [-0.05, 0) is 58.2 Å². The predicted octanol–water partition coefficient (Wildman–Crippen LogP) is 1.78. The summed E-state index contributed by atoms with van der Waals surface area (Å²) in [6.45, 7) is 3.84. The van der Waals surface area contributed by atoms with Crippen molar-refractivity contribution < 1.29 is 9.53 Å². The van der Waals surface area contributed by atoms with Gasteiger partial charge in [-0.15, -0.1) is 0 Å². The van der Waals surface area contributed by atoms with E-state index in [2.05, 4.69) is 10.2 Å². The Hall–Kier alpha value is -1.59. The molecule has 1 unspecified atom stereocenters. The Balaban J connectivity index is 2.63. The second-order valence-electron chi connectivity index (χ2n) is 5.39. The fourth-order valence-corrected chi connectivity index (χ4v) is 2.18. The molecule has 0 aliphatic rings. The Morgan fingerprint density at radius 1 is 1.43 bits per heavy atom. The van der Waals surface area contributed by atoms with Gasteiger partial charge in [-0.3, -0.25) is 4.79 Å². The molecule has 21 heavy (non-hydrogen) atoms. The molecule has 5 heteroatoms. The van der Waals surface area contributed by atoms with Crippen LogP contribution in [-0.4, -0.2) is 51.0 Å². The van der Waals surface area contributed by atoms with Crippen molar-refractivity contribution in [2.45, 2.75) is 25.8 Å². The summed E-state index contributed by atoms with van der Waals surface area (Å²) < 4.78 is 5.11. The Labute approximate surface area is 127 Å². The summed E-state index contributed by atoms with van der Waals surface area (Å²) in [7, 11) is 5.65. The number of carbonyl (C=O) groups is 1. The van der Waals surface area contributed by atoms with Crippen molar-refractivity contribution in [1.82, 2.24) is 10.2 Å². The Morgan fingerprint density at radius 2 is 2.14 bits per heavy atom. The maximum atomic E-state index is 12.5. The molecule has 0 fully saturated rings. The molecule has 0 radical (unpaired) electrons. The van der Waals surface area contributed by atoms with Gasteiger partial charge in [0.25, 0.3) is 0 Å². The van der Waals surface area contributed by atoms with Gasteiger partial charge in [0.2, 0.25) is 0 Å². The molecule has 0 saturated heterocycles. The molecule has 0 heterocycles. The minimum Gasteiger partial charge on any atom is -0.495 e. The highest BCUT2D eigenvalue weighted by Gasteiger charge is 2.18. The fraction of sp³-hybridized carbons (Fsp3) is 0.562. The van der Waals surface area contributed by atoms with Crippen LogP contribution in [0.3, 0.4) is 0 Å². The van der Waals surface area contributed by atoms with Gasteiger partial charge in [-0.25, -0.2) is 0 Å². The lowest BCUT2D eigenvalue weighted by molar-refractivity contribution is 0.0940. The monoisotopic (exact) mass is 293 g/mol. The highest BCUT2D eigenvalue weighted by molar-refractivity contribution is 6.01. The molecule has 0 bridgehead atoms. The number of anilines is 1. The summed E-state index contributed by atoms with van der Waals surface area (Å²) in [6, 6.07) is 5.02. The number of hydrogen-bond donors (Lipinski definition) is 2. The van der Waals surface area contributed by atoms with E-state index in [-0.39, 0.29) is 11.8 Å². The lowest BCUT2D eigenvalue weighted by Gasteiger charge is -2.17. The van der Waals surface area contributed by atoms with Crippen LogP contribution in [0.5, 0.6) is 5.75 Å². The third kappa shape index (κ3) is 5.36. The van der Waals surface area contributed by atoms with Gasteiger partial charge >= 0.3 is 0 Å². The van der Waals surface area contributed by atoms with Gasteiger partial charge < -0.3 is 20.7 Å². The van der Waals surface area contributed by atoms with E-state index in [1.807, 2.05) is 21.0 Å². The molecular formula is C16H27N3O2. The molecule has 0 aliphatic carbocycles. The van der Waals surface area contributed by atoms with Crippen LogP contribution in [0.4, 0.5) is 5.69 Å². The van der Waals surface area contributed by atoms with E-state index in [9.17, 15) is 4.79 Å². The van der Waals surface area contributed by atoms with Gasteiger partial charge in [-0.1, -0.05) is 6.92 Å². The molecule has 1 atom stereocenters. The van der Waals surface area contributed by atoms with Gasteiger partial charge in [0.1, 0.15) is 5.75 Å². The molecule has 5 nitrogen and oxygen atoms in total. The highest BCUT2D eigenvalue weighted by atomic mass is 16.5. The first kappa shape index (κ1) is 17.5. The van der Waals surface area contributed by atoms with Crippen LogP contribution in [0.2, 0.25) is 0 Å². The first-order valence-electron chi connectivity index (χ1n) is 7.35. The summed E-state index contributed by atoms with van der Waals surface area (Å²) in [5, 5.41) is 3.32. The van der Waals surface area contributed by atoms with E-state index in [0.717, 1.165) is 25.9 Å². The minimum absolute atomic E-state index is 0.0803. The quantitative estimate of drug-likeness (QED) is 0.413. The maximum absolute atomic E-state index is 12.5. The molecule has 0 spiro atoms. The number of hydrogen-bond acceptors (Lipinski definition) is 5. The van der Waals surface area contributed by atoms with Gasteiger partial charge in [-0.2, -0.15) is 0 Å². The molecule has 1 aromatic carbocycles. The van der Waals surface area contributed by atoms with Crippen molar-refractivity contribution in [3.63, 3.8) is 0 Å². The molecule has 0 saturated carbocycles. The van der Waals surface area contributed by atoms with Crippen LogP contribution in [-0.2, 0) is 0 Å². The Kier molecular flexibility index (Phi) is 7.19. The van der Waals surface area contributed by atoms with Gasteiger partial charge in [0.05, 0.1) is 18.8 Å². The smallest absolute Gasteiger partial charge is 0.179 e. The number of ketones is 1. The van der Waals surface area contributed by atoms with Crippen LogP contribution < -0.4 is 15.8 Å². The number of benzene rings is 1. The third-order valence-corrected chi connectivity index (χ3v) is 3.41. The number of nitrogens with zero attached hydrogens (tertiary/aromatic N) is 1. The molecule has 0 amide bonds. The largest absolute Gasteiger partial charge is 0.495 e. The lowest BCUT2D eigenvalue weighted by Crippen LogP contribution is -2.37. The first-order chi connectivity index (χ1) is 9.99. The zero-order valence-electron chi connectivity index (χ0n) is 13.5. The molecule has 1 rings (SSSR count). The number of rotatable bonds is 9. The number of ether oxygens (including phenoxy) is 1. The normalized spacial score (nSPS) is 12.4. The van der Waals surface area contributed by atoms with Crippen molar-refractivity contribution >= 4 is 11.5 Å². The van der Waals surface area contributed by atoms with Crippen molar-refractivity contribution in [3.8, 4) is 5.75 Å². The van der Waals surface area contributed by atoms with E-state index in [1.165, 1.54) is 0 Å². The van der Waals surface area contributed by atoms with Crippen LogP contribution in [0.1, 0.15) is 30.1 Å². The van der Waals surface area contributed by atoms with E-state index < -0.39 is 0 Å². The molecular weight excluding hydrogens is 266 g/mol. The summed E-state index contributed by atoms with van der Waals surface area (Å²) in [5.41, 5.74) is 6.98. The number of nitrogens with two attached hydrogens (primary N) is 1. The Bertz CT molecular complexity index is 461. The molecule has 0 aliphatic heterocycles. The van der Waals surface area contributed by atoms with Crippen LogP contribution in [0, 0.1) is 0 Å². The first-order valence-corrected chi connectivity index (χ1v) is 7.35. The van der Waals surface area contributed by atoms with Crippen LogP contribution in [0.25, 0.3) is 0 Å². The zero-order valence-corrected chi connectivity index (χ0v) is 13.5. The van der Waals surface area contributed by atoms with Gasteiger partial charge in [0, 0.05) is 5.56 Å². The lowest BCUT2D eigenvalue weighted by atomic mass is 10.0.